The first-order chi connectivity index (χ1) is 12.8. The van der Waals surface area contributed by atoms with E-state index in [9.17, 15) is 9.90 Å². The number of hydrogen-bond acceptors (Lipinski definition) is 4. The molecular formula is C23H32O4. The highest BCUT2D eigenvalue weighted by atomic mass is 16.5. The fourth-order valence-electron chi connectivity index (χ4n) is 4.70. The van der Waals surface area contributed by atoms with E-state index < -0.39 is 5.97 Å². The Morgan fingerprint density at radius 1 is 1.37 bits per heavy atom. The predicted octanol–water partition coefficient (Wildman–Crippen LogP) is 5.52. The summed E-state index contributed by atoms with van der Waals surface area (Å²) in [4.78, 5) is 12.5. The number of aryl methyl sites for hydroxylation is 1. The molecule has 2 atom stereocenters. The zero-order chi connectivity index (χ0) is 19.8. The molecule has 2 aliphatic rings. The number of esters is 1. The quantitative estimate of drug-likeness (QED) is 0.420. The fraction of sp³-hybridized carbons (Fsp3) is 0.609. The molecule has 0 fully saturated rings. The molecule has 0 unspecified atom stereocenters. The van der Waals surface area contributed by atoms with E-state index in [-0.39, 0.29) is 23.2 Å². The van der Waals surface area contributed by atoms with Crippen molar-refractivity contribution in [1.29, 1.82) is 0 Å². The summed E-state index contributed by atoms with van der Waals surface area (Å²) in [6.07, 6.45) is 8.18. The number of rotatable bonds is 5. The molecule has 1 aromatic carbocycles. The summed E-state index contributed by atoms with van der Waals surface area (Å²) in [5.74, 6) is 0.618. The number of benzene rings is 1. The van der Waals surface area contributed by atoms with Crippen LogP contribution in [0.25, 0.3) is 0 Å². The van der Waals surface area contributed by atoms with Crippen molar-refractivity contribution in [1.82, 2.24) is 0 Å². The van der Waals surface area contributed by atoms with E-state index in [0.29, 0.717) is 11.3 Å². The lowest BCUT2D eigenvalue weighted by molar-refractivity contribution is 0.0106. The molecule has 1 heterocycles. The van der Waals surface area contributed by atoms with Crippen LogP contribution in [0.2, 0.25) is 0 Å². The summed E-state index contributed by atoms with van der Waals surface area (Å²) in [5, 5.41) is 11.2. The zero-order valence-electron chi connectivity index (χ0n) is 17.2. The Hall–Kier alpha value is -1.97. The van der Waals surface area contributed by atoms with E-state index >= 15 is 0 Å². The first-order valence-corrected chi connectivity index (χ1v) is 10.1. The van der Waals surface area contributed by atoms with Crippen molar-refractivity contribution in [3.8, 4) is 11.5 Å². The van der Waals surface area contributed by atoms with Gasteiger partial charge in [-0.3, -0.25) is 0 Å². The molecule has 148 valence electrons. The summed E-state index contributed by atoms with van der Waals surface area (Å²) in [6, 6.07) is 1.96. The van der Waals surface area contributed by atoms with Crippen molar-refractivity contribution in [3.05, 3.63) is 34.4 Å². The highest BCUT2D eigenvalue weighted by Gasteiger charge is 2.46. The van der Waals surface area contributed by atoms with Gasteiger partial charge in [0.05, 0.1) is 7.11 Å². The van der Waals surface area contributed by atoms with Gasteiger partial charge in [-0.15, -0.1) is 0 Å². The molecule has 0 radical (unpaired) electrons. The summed E-state index contributed by atoms with van der Waals surface area (Å²) >= 11 is 0. The minimum absolute atomic E-state index is 0.0438. The topological polar surface area (TPSA) is 55.8 Å². The largest absolute Gasteiger partial charge is 0.507 e. The van der Waals surface area contributed by atoms with Gasteiger partial charge in [0.1, 0.15) is 22.7 Å². The van der Waals surface area contributed by atoms with Gasteiger partial charge in [0.15, 0.2) is 0 Å². The van der Waals surface area contributed by atoms with E-state index in [0.717, 1.165) is 49.7 Å². The third-order valence-corrected chi connectivity index (χ3v) is 6.17. The smallest absolute Gasteiger partial charge is 0.341 e. The van der Waals surface area contributed by atoms with Gasteiger partial charge in [-0.1, -0.05) is 31.4 Å². The standard InChI is InChI=1S/C23H32O4/c1-6-7-8-9-15-13-18-20(21(24)19(15)22(25)26-5)16-12-14(2)10-11-17(16)23(3,4)27-18/h12-13,16-17,24H,6-11H2,1-5H3/t16-,17-/m1/s1. The van der Waals surface area contributed by atoms with Crippen molar-refractivity contribution in [3.63, 3.8) is 0 Å². The average molecular weight is 373 g/mol. The summed E-state index contributed by atoms with van der Waals surface area (Å²) in [5.41, 5.74) is 2.89. The summed E-state index contributed by atoms with van der Waals surface area (Å²) < 4.78 is 11.4. The summed E-state index contributed by atoms with van der Waals surface area (Å²) in [6.45, 7) is 8.54. The number of unbranched alkanes of at least 4 members (excludes halogenated alkanes) is 2. The van der Waals surface area contributed by atoms with Crippen LogP contribution in [-0.2, 0) is 11.2 Å². The lowest BCUT2D eigenvalue weighted by Gasteiger charge is -2.46. The van der Waals surface area contributed by atoms with Crippen molar-refractivity contribution in [2.24, 2.45) is 5.92 Å². The van der Waals surface area contributed by atoms with Gasteiger partial charge in [-0.05, 0) is 58.1 Å². The molecule has 27 heavy (non-hydrogen) atoms. The van der Waals surface area contributed by atoms with E-state index in [1.165, 1.54) is 12.7 Å². The first-order valence-electron chi connectivity index (χ1n) is 10.1. The third-order valence-electron chi connectivity index (χ3n) is 6.17. The fourth-order valence-corrected chi connectivity index (χ4v) is 4.70. The number of hydrogen-bond donors (Lipinski definition) is 1. The molecule has 0 amide bonds. The number of aromatic hydroxyl groups is 1. The van der Waals surface area contributed by atoms with Crippen LogP contribution in [-0.4, -0.2) is 23.8 Å². The lowest BCUT2D eigenvalue weighted by Crippen LogP contribution is -2.45. The molecule has 0 saturated heterocycles. The van der Waals surface area contributed by atoms with Gasteiger partial charge in [-0.2, -0.15) is 0 Å². The average Bonchev–Trinajstić information content (AvgIpc) is 2.60. The number of methoxy groups -OCH3 is 1. The maximum atomic E-state index is 12.5. The van der Waals surface area contributed by atoms with Crippen LogP contribution in [0.15, 0.2) is 17.7 Å². The Kier molecular flexibility index (Phi) is 5.55. The predicted molar refractivity (Wildman–Crippen MR) is 107 cm³/mol. The van der Waals surface area contributed by atoms with Crippen LogP contribution in [0.3, 0.4) is 0 Å². The molecule has 0 bridgehead atoms. The second kappa shape index (κ2) is 7.57. The first kappa shape index (κ1) is 19.8. The monoisotopic (exact) mass is 372 g/mol. The Morgan fingerprint density at radius 3 is 2.78 bits per heavy atom. The third kappa shape index (κ3) is 3.59. The maximum Gasteiger partial charge on any atom is 0.341 e. The summed E-state index contributed by atoms with van der Waals surface area (Å²) in [7, 11) is 1.37. The van der Waals surface area contributed by atoms with Gasteiger partial charge >= 0.3 is 5.97 Å². The van der Waals surface area contributed by atoms with Crippen LogP contribution >= 0.6 is 0 Å². The van der Waals surface area contributed by atoms with Gasteiger partial charge in [0.2, 0.25) is 0 Å². The highest BCUT2D eigenvalue weighted by Crippen LogP contribution is 2.54. The molecule has 0 saturated carbocycles. The molecule has 0 aromatic heterocycles. The normalized spacial score (nSPS) is 22.9. The zero-order valence-corrected chi connectivity index (χ0v) is 17.2. The molecule has 1 aromatic rings. The molecular weight excluding hydrogens is 340 g/mol. The number of phenolic OH excluding ortho intramolecular Hbond substituents is 1. The number of fused-ring (bicyclic) bond motifs is 3. The van der Waals surface area contributed by atoms with Crippen LogP contribution in [0.4, 0.5) is 0 Å². The van der Waals surface area contributed by atoms with Gasteiger partial charge in [0, 0.05) is 17.4 Å². The van der Waals surface area contributed by atoms with Crippen LogP contribution in [0.5, 0.6) is 11.5 Å². The Bertz CT molecular complexity index is 760. The molecule has 4 heteroatoms. The molecule has 1 N–H and O–H groups in total. The van der Waals surface area contributed by atoms with Gasteiger partial charge in [-0.25, -0.2) is 4.79 Å². The number of carbonyl (C=O) groups is 1. The Labute approximate surface area is 162 Å². The minimum Gasteiger partial charge on any atom is -0.507 e. The SMILES string of the molecule is CCCCCc1cc2c(c(O)c1C(=O)OC)[C@@H]1C=C(C)CC[C@H]1C(C)(C)O2. The van der Waals surface area contributed by atoms with E-state index in [1.807, 2.05) is 6.07 Å². The number of allylic oxidation sites excluding steroid dienone is 2. The van der Waals surface area contributed by atoms with Crippen molar-refractivity contribution in [2.45, 2.75) is 77.7 Å². The van der Waals surface area contributed by atoms with Crippen molar-refractivity contribution < 1.29 is 19.4 Å². The van der Waals surface area contributed by atoms with Gasteiger partial charge < -0.3 is 14.6 Å². The van der Waals surface area contributed by atoms with Crippen LogP contribution in [0.1, 0.15) is 87.2 Å². The van der Waals surface area contributed by atoms with E-state index in [4.69, 9.17) is 9.47 Å². The van der Waals surface area contributed by atoms with Crippen LogP contribution in [0, 0.1) is 5.92 Å². The van der Waals surface area contributed by atoms with E-state index in [2.05, 4.69) is 33.8 Å². The van der Waals surface area contributed by atoms with Crippen molar-refractivity contribution in [2.75, 3.05) is 7.11 Å². The minimum atomic E-state index is -0.473. The molecule has 4 nitrogen and oxygen atoms in total. The second-order valence-electron chi connectivity index (χ2n) is 8.51. The molecule has 1 aliphatic carbocycles. The lowest BCUT2D eigenvalue weighted by atomic mass is 9.67. The highest BCUT2D eigenvalue weighted by molar-refractivity contribution is 5.95. The second-order valence-corrected chi connectivity index (χ2v) is 8.51. The van der Waals surface area contributed by atoms with Crippen LogP contribution < -0.4 is 4.74 Å². The Balaban J connectivity index is 2.16. The number of phenols is 1. The van der Waals surface area contributed by atoms with Gasteiger partial charge in [0.25, 0.3) is 0 Å². The molecule has 3 rings (SSSR count). The Morgan fingerprint density at radius 2 is 2.11 bits per heavy atom. The maximum absolute atomic E-state index is 12.5. The number of ether oxygens (including phenoxy) is 2. The number of carbonyl (C=O) groups excluding carboxylic acids is 1. The molecule has 1 aliphatic heterocycles. The molecule has 0 spiro atoms. The van der Waals surface area contributed by atoms with Crippen molar-refractivity contribution >= 4 is 5.97 Å². The van der Waals surface area contributed by atoms with E-state index in [1.54, 1.807) is 0 Å².